The van der Waals surface area contributed by atoms with Crippen molar-refractivity contribution in [2.75, 3.05) is 13.2 Å². The average Bonchev–Trinajstić information content (AvgIpc) is 2.66. The Bertz CT molecular complexity index is 232. The Labute approximate surface area is 97.3 Å². The maximum absolute atomic E-state index is 12.1. The number of aliphatic hydroxyl groups is 2. The molecule has 1 rings (SSSR count). The predicted molar refractivity (Wildman–Crippen MR) is 61.9 cm³/mol. The standard InChI is InChI=1S/C12H23NO3/c1-3-4-5-9(2)12(16)13-7-11(15)6-10(13)8-14/h9-11,14-15H,3-8H2,1-2H3/t9-,10-,11+/m0/s1. The molecule has 0 aromatic heterocycles. The molecule has 0 unspecified atom stereocenters. The summed E-state index contributed by atoms with van der Waals surface area (Å²) in [5.41, 5.74) is 0. The van der Waals surface area contributed by atoms with Crippen molar-refractivity contribution in [1.29, 1.82) is 0 Å². The minimum atomic E-state index is -0.473. The van der Waals surface area contributed by atoms with Crippen LogP contribution in [0.25, 0.3) is 0 Å². The summed E-state index contributed by atoms with van der Waals surface area (Å²) in [7, 11) is 0. The molecule has 0 aromatic rings. The highest BCUT2D eigenvalue weighted by atomic mass is 16.3. The Kier molecular flexibility index (Phi) is 5.22. The number of hydrogen-bond donors (Lipinski definition) is 2. The van der Waals surface area contributed by atoms with Crippen LogP contribution < -0.4 is 0 Å². The van der Waals surface area contributed by atoms with Crippen molar-refractivity contribution in [2.45, 2.75) is 51.7 Å². The van der Waals surface area contributed by atoms with E-state index in [4.69, 9.17) is 5.11 Å². The van der Waals surface area contributed by atoms with E-state index in [1.54, 1.807) is 4.90 Å². The first kappa shape index (κ1) is 13.5. The summed E-state index contributed by atoms with van der Waals surface area (Å²) in [6.45, 7) is 4.36. The van der Waals surface area contributed by atoms with E-state index in [9.17, 15) is 9.90 Å². The summed E-state index contributed by atoms with van der Waals surface area (Å²) >= 11 is 0. The van der Waals surface area contributed by atoms with E-state index in [1.165, 1.54) is 0 Å². The average molecular weight is 229 g/mol. The van der Waals surface area contributed by atoms with Gasteiger partial charge in [0.1, 0.15) is 0 Å². The van der Waals surface area contributed by atoms with Gasteiger partial charge in [0, 0.05) is 12.5 Å². The number of amides is 1. The Morgan fingerprint density at radius 2 is 2.25 bits per heavy atom. The molecule has 3 atom stereocenters. The Morgan fingerprint density at radius 3 is 2.81 bits per heavy atom. The smallest absolute Gasteiger partial charge is 0.225 e. The van der Waals surface area contributed by atoms with Crippen LogP contribution in [-0.2, 0) is 4.79 Å². The molecule has 2 N–H and O–H groups in total. The largest absolute Gasteiger partial charge is 0.394 e. The molecule has 94 valence electrons. The molecule has 1 amide bonds. The van der Waals surface area contributed by atoms with Crippen molar-refractivity contribution in [3.8, 4) is 0 Å². The first-order chi connectivity index (χ1) is 7.60. The van der Waals surface area contributed by atoms with Crippen LogP contribution in [0.2, 0.25) is 0 Å². The Balaban J connectivity index is 2.51. The summed E-state index contributed by atoms with van der Waals surface area (Å²) in [5, 5.41) is 18.7. The number of likely N-dealkylation sites (tertiary alicyclic amines) is 1. The maximum Gasteiger partial charge on any atom is 0.225 e. The molecule has 0 aromatic carbocycles. The highest BCUT2D eigenvalue weighted by Crippen LogP contribution is 2.21. The van der Waals surface area contributed by atoms with Crippen molar-refractivity contribution in [2.24, 2.45) is 5.92 Å². The third kappa shape index (κ3) is 3.19. The second-order valence-corrected chi connectivity index (χ2v) is 4.76. The zero-order valence-corrected chi connectivity index (χ0v) is 10.2. The van der Waals surface area contributed by atoms with Gasteiger partial charge in [-0.15, -0.1) is 0 Å². The lowest BCUT2D eigenvalue weighted by atomic mass is 10.0. The van der Waals surface area contributed by atoms with E-state index < -0.39 is 6.10 Å². The molecule has 0 radical (unpaired) electrons. The van der Waals surface area contributed by atoms with Gasteiger partial charge < -0.3 is 15.1 Å². The van der Waals surface area contributed by atoms with Gasteiger partial charge in [-0.05, 0) is 12.8 Å². The number of hydrogen-bond acceptors (Lipinski definition) is 3. The van der Waals surface area contributed by atoms with Crippen molar-refractivity contribution >= 4 is 5.91 Å². The van der Waals surface area contributed by atoms with Gasteiger partial charge in [-0.2, -0.15) is 0 Å². The van der Waals surface area contributed by atoms with Gasteiger partial charge in [0.15, 0.2) is 0 Å². The first-order valence-electron chi connectivity index (χ1n) is 6.19. The first-order valence-corrected chi connectivity index (χ1v) is 6.19. The van der Waals surface area contributed by atoms with Gasteiger partial charge >= 0.3 is 0 Å². The van der Waals surface area contributed by atoms with Gasteiger partial charge in [0.05, 0.1) is 18.8 Å². The van der Waals surface area contributed by atoms with Crippen molar-refractivity contribution in [3.63, 3.8) is 0 Å². The Morgan fingerprint density at radius 1 is 1.56 bits per heavy atom. The Hall–Kier alpha value is -0.610. The molecular weight excluding hydrogens is 206 g/mol. The van der Waals surface area contributed by atoms with Gasteiger partial charge in [-0.3, -0.25) is 4.79 Å². The minimum absolute atomic E-state index is 0.000648. The fourth-order valence-corrected chi connectivity index (χ4v) is 2.25. The van der Waals surface area contributed by atoms with Crippen LogP contribution in [0.5, 0.6) is 0 Å². The third-order valence-electron chi connectivity index (χ3n) is 3.30. The number of carbonyl (C=O) groups excluding carboxylic acids is 1. The lowest BCUT2D eigenvalue weighted by molar-refractivity contribution is -0.137. The van der Waals surface area contributed by atoms with Gasteiger partial charge in [-0.1, -0.05) is 26.7 Å². The SMILES string of the molecule is CCCC[C@H](C)C(=O)N1C[C@H](O)C[C@H]1CO. The number of nitrogens with zero attached hydrogens (tertiary/aromatic N) is 1. The maximum atomic E-state index is 12.1. The molecule has 1 aliphatic heterocycles. The predicted octanol–water partition coefficient (Wildman–Crippen LogP) is 0.767. The van der Waals surface area contributed by atoms with Crippen molar-refractivity contribution in [1.82, 2.24) is 4.90 Å². The molecule has 4 nitrogen and oxygen atoms in total. The third-order valence-corrected chi connectivity index (χ3v) is 3.30. The van der Waals surface area contributed by atoms with Crippen LogP contribution in [0.1, 0.15) is 39.5 Å². The monoisotopic (exact) mass is 229 g/mol. The van der Waals surface area contributed by atoms with Gasteiger partial charge in [0.25, 0.3) is 0 Å². The van der Waals surface area contributed by atoms with E-state index in [-0.39, 0.29) is 24.5 Å². The number of aliphatic hydroxyl groups excluding tert-OH is 2. The molecule has 1 fully saturated rings. The summed E-state index contributed by atoms with van der Waals surface area (Å²) < 4.78 is 0. The molecule has 0 saturated carbocycles. The number of rotatable bonds is 5. The van der Waals surface area contributed by atoms with Gasteiger partial charge in [0.2, 0.25) is 5.91 Å². The molecule has 0 aliphatic carbocycles. The van der Waals surface area contributed by atoms with Crippen molar-refractivity contribution < 1.29 is 15.0 Å². The molecule has 0 bridgehead atoms. The summed E-state index contributed by atoms with van der Waals surface area (Å²) in [5.74, 6) is 0.0725. The second-order valence-electron chi connectivity index (χ2n) is 4.76. The summed E-state index contributed by atoms with van der Waals surface area (Å²) in [4.78, 5) is 13.7. The van der Waals surface area contributed by atoms with E-state index in [2.05, 4.69) is 6.92 Å². The number of carbonyl (C=O) groups is 1. The molecular formula is C12H23NO3. The fourth-order valence-electron chi connectivity index (χ4n) is 2.25. The zero-order valence-electron chi connectivity index (χ0n) is 10.2. The number of β-amino-alcohol motifs (C(OH)–C–C–N with tert-alkyl or cyclic N) is 1. The topological polar surface area (TPSA) is 60.8 Å². The van der Waals surface area contributed by atoms with E-state index >= 15 is 0 Å². The van der Waals surface area contributed by atoms with Crippen LogP contribution >= 0.6 is 0 Å². The molecule has 1 saturated heterocycles. The zero-order chi connectivity index (χ0) is 12.1. The van der Waals surface area contributed by atoms with Crippen LogP contribution in [-0.4, -0.2) is 46.3 Å². The molecule has 1 heterocycles. The van der Waals surface area contributed by atoms with E-state index in [0.717, 1.165) is 19.3 Å². The molecule has 0 spiro atoms. The van der Waals surface area contributed by atoms with Crippen LogP contribution in [0.4, 0.5) is 0 Å². The lowest BCUT2D eigenvalue weighted by Gasteiger charge is -2.26. The van der Waals surface area contributed by atoms with E-state index in [0.29, 0.717) is 13.0 Å². The second kappa shape index (κ2) is 6.21. The normalized spacial score (nSPS) is 27.1. The molecule has 1 aliphatic rings. The van der Waals surface area contributed by atoms with Crippen LogP contribution in [0, 0.1) is 5.92 Å². The highest BCUT2D eigenvalue weighted by Gasteiger charge is 2.35. The molecule has 16 heavy (non-hydrogen) atoms. The van der Waals surface area contributed by atoms with Crippen LogP contribution in [0.15, 0.2) is 0 Å². The van der Waals surface area contributed by atoms with E-state index in [1.807, 2.05) is 6.92 Å². The lowest BCUT2D eigenvalue weighted by Crippen LogP contribution is -2.41. The minimum Gasteiger partial charge on any atom is -0.394 e. The van der Waals surface area contributed by atoms with Gasteiger partial charge in [-0.25, -0.2) is 0 Å². The highest BCUT2D eigenvalue weighted by molar-refractivity contribution is 5.79. The van der Waals surface area contributed by atoms with Crippen LogP contribution in [0.3, 0.4) is 0 Å². The molecule has 4 heteroatoms. The summed E-state index contributed by atoms with van der Waals surface area (Å²) in [6, 6.07) is -0.188. The number of unbranched alkanes of at least 4 members (excludes halogenated alkanes) is 1. The fraction of sp³-hybridized carbons (Fsp3) is 0.917. The van der Waals surface area contributed by atoms with Crippen molar-refractivity contribution in [3.05, 3.63) is 0 Å². The summed E-state index contributed by atoms with van der Waals surface area (Å²) in [6.07, 6.45) is 3.05. The quantitative estimate of drug-likeness (QED) is 0.732.